The normalized spacial score (nSPS) is 25.7. The second kappa shape index (κ2) is 8.05. The number of nitrogens with zero attached hydrogens (tertiary/aromatic N) is 1. The van der Waals surface area contributed by atoms with Crippen LogP contribution in [0.5, 0.6) is 5.75 Å². The molecule has 2 aliphatic rings. The molecule has 1 aliphatic heterocycles. The number of fused-ring (bicyclic) bond motifs is 1. The van der Waals surface area contributed by atoms with Crippen molar-refractivity contribution in [3.63, 3.8) is 0 Å². The van der Waals surface area contributed by atoms with Crippen LogP contribution in [0.25, 0.3) is 0 Å². The van der Waals surface area contributed by atoms with Gasteiger partial charge in [-0.2, -0.15) is 0 Å². The molecule has 0 radical (unpaired) electrons. The number of rotatable bonds is 3. The van der Waals surface area contributed by atoms with Crippen LogP contribution in [0, 0.1) is 5.92 Å². The third-order valence-corrected chi connectivity index (χ3v) is 5.52. The van der Waals surface area contributed by atoms with E-state index in [1.165, 1.54) is 0 Å². The minimum Gasteiger partial charge on any atom is -0.491 e. The van der Waals surface area contributed by atoms with Crippen molar-refractivity contribution in [1.82, 2.24) is 10.4 Å². The minimum absolute atomic E-state index is 0.0323. The molecular weight excluding hydrogens is 336 g/mol. The number of methoxy groups -OCH3 is 1. The Kier molecular flexibility index (Phi) is 5.78. The summed E-state index contributed by atoms with van der Waals surface area (Å²) in [5.74, 6) is 0.193. The maximum atomic E-state index is 13.1. The van der Waals surface area contributed by atoms with Gasteiger partial charge in [0.15, 0.2) is 0 Å². The van der Waals surface area contributed by atoms with Crippen LogP contribution in [-0.2, 0) is 9.53 Å². The van der Waals surface area contributed by atoms with Gasteiger partial charge in [0.2, 0.25) is 5.91 Å². The summed E-state index contributed by atoms with van der Waals surface area (Å²) >= 11 is 0. The number of benzene rings is 1. The van der Waals surface area contributed by atoms with Crippen LogP contribution in [0.1, 0.15) is 54.6 Å². The Labute approximate surface area is 153 Å². The second-order valence-corrected chi connectivity index (χ2v) is 6.96. The number of hydrogen-bond acceptors (Lipinski definition) is 5. The van der Waals surface area contributed by atoms with Crippen molar-refractivity contribution >= 4 is 11.8 Å². The summed E-state index contributed by atoms with van der Waals surface area (Å²) in [5.41, 5.74) is 2.81. The maximum Gasteiger partial charge on any atom is 0.274 e. The van der Waals surface area contributed by atoms with Crippen molar-refractivity contribution in [3.05, 3.63) is 29.3 Å². The van der Waals surface area contributed by atoms with Gasteiger partial charge in [0.1, 0.15) is 12.4 Å². The van der Waals surface area contributed by atoms with E-state index in [1.807, 2.05) is 11.8 Å². The summed E-state index contributed by atoms with van der Waals surface area (Å²) in [4.78, 5) is 26.6. The minimum atomic E-state index is -0.587. The third-order valence-electron chi connectivity index (χ3n) is 5.52. The van der Waals surface area contributed by atoms with Crippen molar-refractivity contribution in [1.29, 1.82) is 0 Å². The molecule has 0 bridgehead atoms. The molecule has 1 aromatic carbocycles. The molecule has 3 rings (SSSR count). The SMILES string of the molecule is CO[C@H]1CC[C@H](C(=O)N2CCOc3cc(C(=O)NO)ccc3[C@@H]2C)CC1. The topological polar surface area (TPSA) is 88.1 Å². The Morgan fingerprint density at radius 3 is 2.65 bits per heavy atom. The molecule has 0 saturated heterocycles. The zero-order chi connectivity index (χ0) is 18.7. The first-order valence-electron chi connectivity index (χ1n) is 9.09. The summed E-state index contributed by atoms with van der Waals surface area (Å²) in [6.45, 7) is 2.87. The second-order valence-electron chi connectivity index (χ2n) is 6.96. The van der Waals surface area contributed by atoms with Gasteiger partial charge in [0.05, 0.1) is 18.7 Å². The highest BCUT2D eigenvalue weighted by Gasteiger charge is 2.34. The lowest BCUT2D eigenvalue weighted by atomic mass is 9.86. The third kappa shape index (κ3) is 3.68. The maximum absolute atomic E-state index is 13.1. The van der Waals surface area contributed by atoms with Crippen LogP contribution in [0.3, 0.4) is 0 Å². The van der Waals surface area contributed by atoms with Crippen molar-refractivity contribution in [3.8, 4) is 5.75 Å². The Morgan fingerprint density at radius 2 is 2.00 bits per heavy atom. The van der Waals surface area contributed by atoms with Crippen molar-refractivity contribution in [2.45, 2.75) is 44.8 Å². The lowest BCUT2D eigenvalue weighted by molar-refractivity contribution is -0.139. The average Bonchev–Trinajstić information content (AvgIpc) is 2.85. The summed E-state index contributed by atoms with van der Waals surface area (Å²) in [7, 11) is 1.73. The van der Waals surface area contributed by atoms with Gasteiger partial charge < -0.3 is 14.4 Å². The fraction of sp³-hybridized carbons (Fsp3) is 0.579. The van der Waals surface area contributed by atoms with Gasteiger partial charge in [-0.25, -0.2) is 5.48 Å². The van der Waals surface area contributed by atoms with Gasteiger partial charge in [0, 0.05) is 24.2 Å². The molecule has 2 N–H and O–H groups in total. The first-order valence-corrected chi connectivity index (χ1v) is 9.09. The van der Waals surface area contributed by atoms with E-state index in [-0.39, 0.29) is 24.0 Å². The Bertz CT molecular complexity index is 670. The van der Waals surface area contributed by atoms with E-state index < -0.39 is 5.91 Å². The van der Waals surface area contributed by atoms with Crippen molar-refractivity contribution in [2.75, 3.05) is 20.3 Å². The Hall–Kier alpha value is -2.12. The Morgan fingerprint density at radius 1 is 1.27 bits per heavy atom. The van der Waals surface area contributed by atoms with Gasteiger partial charge in [-0.1, -0.05) is 6.07 Å². The molecule has 1 saturated carbocycles. The smallest absolute Gasteiger partial charge is 0.274 e. The predicted octanol–water partition coefficient (Wildman–Crippen LogP) is 2.29. The van der Waals surface area contributed by atoms with Gasteiger partial charge in [0.25, 0.3) is 5.91 Å². The van der Waals surface area contributed by atoms with E-state index in [2.05, 4.69) is 0 Å². The van der Waals surface area contributed by atoms with Crippen molar-refractivity contribution < 1.29 is 24.3 Å². The number of carbonyl (C=O) groups is 2. The fourth-order valence-corrected chi connectivity index (χ4v) is 3.91. The highest BCUT2D eigenvalue weighted by Crippen LogP contribution is 2.35. The lowest BCUT2D eigenvalue weighted by Crippen LogP contribution is -2.41. The molecule has 7 heteroatoms. The van der Waals surface area contributed by atoms with E-state index in [1.54, 1.807) is 30.8 Å². The van der Waals surface area contributed by atoms with Crippen LogP contribution >= 0.6 is 0 Å². The first-order chi connectivity index (χ1) is 12.5. The summed E-state index contributed by atoms with van der Waals surface area (Å²) in [5, 5.41) is 8.79. The molecule has 1 fully saturated rings. The number of ether oxygens (including phenoxy) is 2. The zero-order valence-electron chi connectivity index (χ0n) is 15.2. The zero-order valence-corrected chi connectivity index (χ0v) is 15.2. The molecule has 7 nitrogen and oxygen atoms in total. The van der Waals surface area contributed by atoms with Gasteiger partial charge in [-0.15, -0.1) is 0 Å². The van der Waals surface area contributed by atoms with E-state index in [9.17, 15) is 9.59 Å². The molecule has 0 spiro atoms. The quantitative estimate of drug-likeness (QED) is 0.636. The predicted molar refractivity (Wildman–Crippen MR) is 94.1 cm³/mol. The number of carbonyl (C=O) groups excluding carboxylic acids is 2. The molecule has 1 atom stereocenters. The highest BCUT2D eigenvalue weighted by molar-refractivity contribution is 5.94. The van der Waals surface area contributed by atoms with Crippen LogP contribution in [0.4, 0.5) is 0 Å². The van der Waals surface area contributed by atoms with Gasteiger partial charge >= 0.3 is 0 Å². The van der Waals surface area contributed by atoms with E-state index in [0.717, 1.165) is 31.2 Å². The molecule has 26 heavy (non-hydrogen) atoms. The number of nitrogens with one attached hydrogen (secondary N) is 1. The molecule has 1 heterocycles. The van der Waals surface area contributed by atoms with Crippen LogP contribution in [0.15, 0.2) is 18.2 Å². The molecule has 0 unspecified atom stereocenters. The number of hydrogen-bond donors (Lipinski definition) is 2. The van der Waals surface area contributed by atoms with Gasteiger partial charge in [-0.05, 0) is 44.7 Å². The largest absolute Gasteiger partial charge is 0.491 e. The van der Waals surface area contributed by atoms with Gasteiger partial charge in [-0.3, -0.25) is 14.8 Å². The average molecular weight is 362 g/mol. The molecular formula is C19H26N2O5. The molecule has 142 valence electrons. The van der Waals surface area contributed by atoms with E-state index >= 15 is 0 Å². The summed E-state index contributed by atoms with van der Waals surface area (Å²) in [6.07, 6.45) is 3.80. The van der Waals surface area contributed by atoms with E-state index in [0.29, 0.717) is 24.5 Å². The summed E-state index contributed by atoms with van der Waals surface area (Å²) < 4.78 is 11.2. The molecule has 1 aliphatic carbocycles. The van der Waals surface area contributed by atoms with Crippen molar-refractivity contribution in [2.24, 2.45) is 5.92 Å². The standard InChI is InChI=1S/C19H26N2O5/c1-12-16-8-5-14(18(22)20-24)11-17(16)26-10-9-21(12)19(23)13-3-6-15(25-2)7-4-13/h5,8,11-13,15,24H,3-4,6-7,9-10H2,1-2H3,(H,20,22)/t12-,13-,15-/m0/s1. The number of amides is 2. The van der Waals surface area contributed by atoms with E-state index in [4.69, 9.17) is 14.7 Å². The summed E-state index contributed by atoms with van der Waals surface area (Å²) in [6, 6.07) is 4.89. The molecule has 1 aromatic rings. The monoisotopic (exact) mass is 362 g/mol. The van der Waals surface area contributed by atoms with Crippen LogP contribution in [0.2, 0.25) is 0 Å². The van der Waals surface area contributed by atoms with Crippen LogP contribution < -0.4 is 10.2 Å². The van der Waals surface area contributed by atoms with Crippen LogP contribution in [-0.4, -0.2) is 48.3 Å². The lowest BCUT2D eigenvalue weighted by Gasteiger charge is -2.34. The molecule has 2 amide bonds. The fourth-order valence-electron chi connectivity index (χ4n) is 3.91. The highest BCUT2D eigenvalue weighted by atomic mass is 16.5. The first kappa shape index (κ1) is 18.7. The molecule has 0 aromatic heterocycles. The Balaban J connectivity index is 1.76. The number of hydroxylamine groups is 1.